The maximum absolute atomic E-state index is 12.5. The first-order valence-electron chi connectivity index (χ1n) is 11.3. The van der Waals surface area contributed by atoms with Gasteiger partial charge in [-0.1, -0.05) is 48.5 Å². The van der Waals surface area contributed by atoms with Crippen molar-refractivity contribution in [1.82, 2.24) is 10.6 Å². The van der Waals surface area contributed by atoms with Crippen molar-refractivity contribution in [1.29, 1.82) is 0 Å². The summed E-state index contributed by atoms with van der Waals surface area (Å²) in [4.78, 5) is 35.3. The first-order valence-corrected chi connectivity index (χ1v) is 11.3. The van der Waals surface area contributed by atoms with E-state index < -0.39 is 36.6 Å². The Morgan fingerprint density at radius 2 is 1.57 bits per heavy atom. The summed E-state index contributed by atoms with van der Waals surface area (Å²) in [7, 11) is 0. The van der Waals surface area contributed by atoms with Crippen LogP contribution in [0.15, 0.2) is 48.5 Å². The van der Waals surface area contributed by atoms with Crippen LogP contribution in [0.2, 0.25) is 0 Å². The molecule has 1 unspecified atom stereocenters. The lowest BCUT2D eigenvalue weighted by Gasteiger charge is -2.35. The number of hydrogen-bond donors (Lipinski definition) is 3. The second kappa shape index (κ2) is 9.97. The van der Waals surface area contributed by atoms with Crippen molar-refractivity contribution in [2.24, 2.45) is 5.92 Å². The summed E-state index contributed by atoms with van der Waals surface area (Å²) < 4.78 is 42.9. The van der Waals surface area contributed by atoms with Crippen molar-refractivity contribution in [3.63, 3.8) is 0 Å². The molecule has 0 aliphatic heterocycles. The summed E-state index contributed by atoms with van der Waals surface area (Å²) >= 11 is 0. The molecule has 0 saturated heterocycles. The van der Waals surface area contributed by atoms with Gasteiger partial charge in [-0.15, -0.1) is 0 Å². The van der Waals surface area contributed by atoms with Crippen molar-refractivity contribution < 1.29 is 37.4 Å². The van der Waals surface area contributed by atoms with E-state index in [2.05, 4.69) is 5.32 Å². The van der Waals surface area contributed by atoms with Gasteiger partial charge >= 0.3 is 18.2 Å². The minimum absolute atomic E-state index is 0.0649. The zero-order valence-electron chi connectivity index (χ0n) is 18.7. The fraction of sp³-hybridized carbons (Fsp3) is 0.400. The Kier molecular flexibility index (Phi) is 7.00. The van der Waals surface area contributed by atoms with Gasteiger partial charge < -0.3 is 20.5 Å². The first kappa shape index (κ1) is 24.6. The molecule has 0 radical (unpaired) electrons. The Labute approximate surface area is 199 Å². The van der Waals surface area contributed by atoms with Gasteiger partial charge in [0.05, 0.1) is 6.42 Å². The second-order valence-electron chi connectivity index (χ2n) is 8.99. The molecular formula is C25H25F3N2O5. The standard InChI is InChI=1S/C25H25F3N2O5/c26-25(27,28)12-21(23(32)33)30-22(31)11-14-9-15(10-14)29-24(34)35-13-20-18-7-3-1-5-16(18)17-6-2-4-8-19(17)20/h1-8,14-15,20-21H,9-13H2,(H,29,34)(H,30,31)(H,32,33). The van der Waals surface area contributed by atoms with E-state index in [0.29, 0.717) is 12.8 Å². The average Bonchev–Trinajstić information content (AvgIpc) is 3.08. The van der Waals surface area contributed by atoms with Crippen LogP contribution in [0.1, 0.15) is 42.7 Å². The Bertz CT molecular complexity index is 1070. The number of hydrogen-bond acceptors (Lipinski definition) is 4. The number of amides is 2. The third kappa shape index (κ3) is 5.93. The van der Waals surface area contributed by atoms with E-state index in [9.17, 15) is 27.6 Å². The molecule has 7 nitrogen and oxygen atoms in total. The number of carboxylic acids is 1. The highest BCUT2D eigenvalue weighted by Gasteiger charge is 2.38. The number of alkyl halides is 3. The molecule has 2 aromatic rings. The molecule has 3 N–H and O–H groups in total. The fourth-order valence-electron chi connectivity index (χ4n) is 4.77. The van der Waals surface area contributed by atoms with E-state index in [1.165, 1.54) is 0 Å². The van der Waals surface area contributed by atoms with Gasteiger partial charge in [-0.3, -0.25) is 4.79 Å². The topological polar surface area (TPSA) is 105 Å². The highest BCUT2D eigenvalue weighted by atomic mass is 19.4. The number of carbonyl (C=O) groups excluding carboxylic acids is 2. The molecule has 1 saturated carbocycles. The van der Waals surface area contributed by atoms with Gasteiger partial charge in [0.25, 0.3) is 0 Å². The molecule has 2 aromatic carbocycles. The Hall–Kier alpha value is -3.56. The molecule has 0 bridgehead atoms. The van der Waals surface area contributed by atoms with Gasteiger partial charge in [0.1, 0.15) is 12.6 Å². The third-order valence-electron chi connectivity index (χ3n) is 6.44. The predicted octanol–water partition coefficient (Wildman–Crippen LogP) is 4.22. The van der Waals surface area contributed by atoms with E-state index in [1.54, 1.807) is 0 Å². The van der Waals surface area contributed by atoms with E-state index in [1.807, 2.05) is 53.8 Å². The number of ether oxygens (including phenoxy) is 1. The number of carbonyl (C=O) groups is 3. The highest BCUT2D eigenvalue weighted by Crippen LogP contribution is 2.44. The zero-order chi connectivity index (χ0) is 25.2. The summed E-state index contributed by atoms with van der Waals surface area (Å²) in [5.74, 6) is -2.72. The molecule has 10 heteroatoms. The van der Waals surface area contributed by atoms with E-state index in [4.69, 9.17) is 9.84 Å². The summed E-state index contributed by atoms with van der Waals surface area (Å²) in [5, 5.41) is 13.6. The molecule has 0 aromatic heterocycles. The third-order valence-corrected chi connectivity index (χ3v) is 6.44. The van der Waals surface area contributed by atoms with Crippen molar-refractivity contribution in [3.8, 4) is 11.1 Å². The molecule has 0 spiro atoms. The normalized spacial score (nSPS) is 19.6. The molecule has 186 valence electrons. The van der Waals surface area contributed by atoms with Gasteiger partial charge in [-0.2, -0.15) is 13.2 Å². The average molecular weight is 490 g/mol. The SMILES string of the molecule is O=C(CC1CC(NC(=O)OCC2c3ccccc3-c3ccccc32)C1)NC(CC(F)(F)F)C(=O)O. The van der Waals surface area contributed by atoms with Crippen molar-refractivity contribution in [3.05, 3.63) is 59.7 Å². The first-order chi connectivity index (χ1) is 16.6. The second-order valence-corrected chi connectivity index (χ2v) is 8.99. The molecule has 2 amide bonds. The van der Waals surface area contributed by atoms with Crippen LogP contribution in [0.25, 0.3) is 11.1 Å². The zero-order valence-corrected chi connectivity index (χ0v) is 18.7. The van der Waals surface area contributed by atoms with Crippen molar-refractivity contribution in [2.75, 3.05) is 6.61 Å². The number of rotatable bonds is 8. The lowest BCUT2D eigenvalue weighted by molar-refractivity contribution is -0.160. The number of carboxylic acid groups (broad SMARTS) is 1. The summed E-state index contributed by atoms with van der Waals surface area (Å²) in [5.41, 5.74) is 4.44. The molecule has 4 rings (SSSR count). The number of alkyl carbamates (subject to hydrolysis) is 1. The quantitative estimate of drug-likeness (QED) is 0.514. The van der Waals surface area contributed by atoms with Crippen LogP contribution in [-0.4, -0.2) is 47.9 Å². The van der Waals surface area contributed by atoms with E-state index >= 15 is 0 Å². The fourth-order valence-corrected chi connectivity index (χ4v) is 4.77. The van der Waals surface area contributed by atoms with Crippen LogP contribution in [-0.2, 0) is 14.3 Å². The van der Waals surface area contributed by atoms with Crippen molar-refractivity contribution >= 4 is 18.0 Å². The van der Waals surface area contributed by atoms with Crippen LogP contribution in [0, 0.1) is 5.92 Å². The van der Waals surface area contributed by atoms with Gasteiger partial charge in [-0.05, 0) is 41.0 Å². The maximum Gasteiger partial charge on any atom is 0.407 e. The van der Waals surface area contributed by atoms with Gasteiger partial charge in [0.15, 0.2) is 0 Å². The molecule has 1 fully saturated rings. The van der Waals surface area contributed by atoms with Crippen LogP contribution in [0.3, 0.4) is 0 Å². The number of fused-ring (bicyclic) bond motifs is 3. The number of nitrogens with one attached hydrogen (secondary N) is 2. The van der Waals surface area contributed by atoms with Gasteiger partial charge in [0, 0.05) is 18.4 Å². The van der Waals surface area contributed by atoms with Gasteiger partial charge in [-0.25, -0.2) is 9.59 Å². The molecule has 0 heterocycles. The number of halogens is 3. The number of benzene rings is 2. The minimum Gasteiger partial charge on any atom is -0.480 e. The van der Waals surface area contributed by atoms with E-state index in [0.717, 1.165) is 22.3 Å². The van der Waals surface area contributed by atoms with Crippen LogP contribution in [0.5, 0.6) is 0 Å². The highest BCUT2D eigenvalue weighted by molar-refractivity contribution is 5.83. The van der Waals surface area contributed by atoms with E-state index in [-0.39, 0.29) is 30.9 Å². The summed E-state index contributed by atoms with van der Waals surface area (Å²) in [6.45, 7) is 0.175. The Morgan fingerprint density at radius 1 is 1.00 bits per heavy atom. The monoisotopic (exact) mass is 490 g/mol. The lowest BCUT2D eigenvalue weighted by atomic mass is 9.78. The summed E-state index contributed by atoms with van der Waals surface area (Å²) in [6.07, 6.45) is -6.11. The Morgan fingerprint density at radius 3 is 2.11 bits per heavy atom. The van der Waals surface area contributed by atoms with Crippen LogP contribution >= 0.6 is 0 Å². The molecule has 2 aliphatic carbocycles. The maximum atomic E-state index is 12.5. The molecule has 2 aliphatic rings. The Balaban J connectivity index is 1.21. The molecule has 1 atom stereocenters. The molecular weight excluding hydrogens is 465 g/mol. The van der Waals surface area contributed by atoms with Crippen LogP contribution in [0.4, 0.5) is 18.0 Å². The summed E-state index contributed by atoms with van der Waals surface area (Å²) in [6, 6.07) is 13.7. The lowest BCUT2D eigenvalue weighted by Crippen LogP contribution is -2.48. The minimum atomic E-state index is -4.70. The number of aliphatic carboxylic acids is 1. The largest absolute Gasteiger partial charge is 0.480 e. The molecule has 35 heavy (non-hydrogen) atoms. The smallest absolute Gasteiger partial charge is 0.407 e. The van der Waals surface area contributed by atoms with Crippen molar-refractivity contribution in [2.45, 2.75) is 49.9 Å². The van der Waals surface area contributed by atoms with Gasteiger partial charge in [0.2, 0.25) is 5.91 Å². The van der Waals surface area contributed by atoms with Crippen LogP contribution < -0.4 is 10.6 Å². The predicted molar refractivity (Wildman–Crippen MR) is 120 cm³/mol.